The number of carboxylic acids is 1. The fourth-order valence-corrected chi connectivity index (χ4v) is 2.52. The first-order valence-electron chi connectivity index (χ1n) is 9.66. The Bertz CT molecular complexity index is 350. The molecule has 0 saturated carbocycles. The number of aliphatic carboxylic acids is 1. The third-order valence-electron chi connectivity index (χ3n) is 3.97. The summed E-state index contributed by atoms with van der Waals surface area (Å²) in [4.78, 5) is 22.5. The zero-order valence-electron chi connectivity index (χ0n) is 15.6. The molecule has 4 nitrogen and oxygen atoms in total. The molecule has 0 saturated heterocycles. The van der Waals surface area contributed by atoms with Crippen LogP contribution in [0.2, 0.25) is 0 Å². The topological polar surface area (TPSA) is 63.6 Å². The van der Waals surface area contributed by atoms with Crippen LogP contribution >= 0.6 is 0 Å². The first kappa shape index (κ1) is 22.7. The molecule has 0 amide bonds. The van der Waals surface area contributed by atoms with Crippen molar-refractivity contribution in [1.82, 2.24) is 0 Å². The van der Waals surface area contributed by atoms with Gasteiger partial charge in [-0.1, -0.05) is 45.3 Å². The van der Waals surface area contributed by atoms with Crippen LogP contribution in [0.4, 0.5) is 0 Å². The van der Waals surface area contributed by atoms with Gasteiger partial charge in [-0.05, 0) is 51.4 Å². The number of allylic oxidation sites excluding steroid dienone is 2. The predicted octanol–water partition coefficient (Wildman–Crippen LogP) is 5.65. The number of rotatable bonds is 16. The SMILES string of the molecule is CCC/C=C\CCCCC(=O)OC(CCCC)CCCCC(=O)O. The van der Waals surface area contributed by atoms with Crippen LogP contribution < -0.4 is 0 Å². The fourth-order valence-electron chi connectivity index (χ4n) is 2.52. The minimum Gasteiger partial charge on any atom is -0.481 e. The molecule has 140 valence electrons. The number of hydrogen-bond acceptors (Lipinski definition) is 3. The summed E-state index contributed by atoms with van der Waals surface area (Å²) in [6.45, 7) is 4.28. The van der Waals surface area contributed by atoms with E-state index in [0.29, 0.717) is 12.8 Å². The predicted molar refractivity (Wildman–Crippen MR) is 98.0 cm³/mol. The van der Waals surface area contributed by atoms with Crippen molar-refractivity contribution in [3.05, 3.63) is 12.2 Å². The Kier molecular flexibility index (Phi) is 15.6. The van der Waals surface area contributed by atoms with E-state index in [4.69, 9.17) is 9.84 Å². The summed E-state index contributed by atoms with van der Waals surface area (Å²) in [6, 6.07) is 0. The van der Waals surface area contributed by atoms with Crippen molar-refractivity contribution in [2.45, 2.75) is 103 Å². The molecule has 0 aromatic carbocycles. The standard InChI is InChI=1S/C20H36O4/c1-3-5-7-8-9-10-11-17-20(23)24-18(14-6-4-2)15-12-13-16-19(21)22/h7-8,18H,3-6,9-17H2,1-2H3,(H,21,22)/b8-7-. The minimum atomic E-state index is -0.759. The van der Waals surface area contributed by atoms with Crippen LogP contribution in [0.15, 0.2) is 12.2 Å². The van der Waals surface area contributed by atoms with E-state index >= 15 is 0 Å². The molecule has 0 fully saturated rings. The van der Waals surface area contributed by atoms with Gasteiger partial charge in [-0.2, -0.15) is 0 Å². The van der Waals surface area contributed by atoms with Gasteiger partial charge in [-0.3, -0.25) is 9.59 Å². The normalized spacial score (nSPS) is 12.4. The van der Waals surface area contributed by atoms with Gasteiger partial charge in [0.05, 0.1) is 0 Å². The van der Waals surface area contributed by atoms with Gasteiger partial charge >= 0.3 is 11.9 Å². The molecular formula is C20H36O4. The van der Waals surface area contributed by atoms with E-state index in [1.165, 1.54) is 6.42 Å². The number of carbonyl (C=O) groups is 2. The summed E-state index contributed by atoms with van der Waals surface area (Å²) in [7, 11) is 0. The van der Waals surface area contributed by atoms with E-state index in [9.17, 15) is 9.59 Å². The molecule has 0 aromatic heterocycles. The lowest BCUT2D eigenvalue weighted by atomic mass is 10.0. The first-order chi connectivity index (χ1) is 11.6. The van der Waals surface area contributed by atoms with Gasteiger partial charge in [0, 0.05) is 12.8 Å². The third-order valence-corrected chi connectivity index (χ3v) is 3.97. The van der Waals surface area contributed by atoms with Crippen molar-refractivity contribution in [2.75, 3.05) is 0 Å². The largest absolute Gasteiger partial charge is 0.481 e. The van der Waals surface area contributed by atoms with E-state index in [2.05, 4.69) is 26.0 Å². The van der Waals surface area contributed by atoms with Crippen LogP contribution in [-0.4, -0.2) is 23.1 Å². The van der Waals surface area contributed by atoms with Gasteiger partial charge in [-0.15, -0.1) is 0 Å². The quantitative estimate of drug-likeness (QED) is 0.224. The average Bonchev–Trinajstić information content (AvgIpc) is 2.55. The number of hydrogen-bond donors (Lipinski definition) is 1. The van der Waals surface area contributed by atoms with Crippen molar-refractivity contribution in [3.8, 4) is 0 Å². The lowest BCUT2D eigenvalue weighted by Crippen LogP contribution is -2.18. The third kappa shape index (κ3) is 15.6. The molecule has 0 heterocycles. The molecule has 0 aliphatic heterocycles. The molecule has 0 aliphatic rings. The number of carboxylic acid groups (broad SMARTS) is 1. The molecule has 24 heavy (non-hydrogen) atoms. The highest BCUT2D eigenvalue weighted by atomic mass is 16.5. The van der Waals surface area contributed by atoms with Gasteiger partial charge in [-0.25, -0.2) is 0 Å². The van der Waals surface area contributed by atoms with E-state index in [0.717, 1.165) is 57.8 Å². The lowest BCUT2D eigenvalue weighted by molar-refractivity contribution is -0.150. The first-order valence-corrected chi connectivity index (χ1v) is 9.66. The number of esters is 1. The number of unbranched alkanes of at least 4 members (excludes halogenated alkanes) is 5. The summed E-state index contributed by atoms with van der Waals surface area (Å²) in [6.07, 6.45) is 15.5. The number of carbonyl (C=O) groups excluding carboxylic acids is 1. The van der Waals surface area contributed by atoms with Gasteiger partial charge < -0.3 is 9.84 Å². The Labute approximate surface area is 147 Å². The van der Waals surface area contributed by atoms with Gasteiger partial charge in [0.25, 0.3) is 0 Å². The maximum atomic E-state index is 12.0. The van der Waals surface area contributed by atoms with E-state index in [-0.39, 0.29) is 18.5 Å². The van der Waals surface area contributed by atoms with Gasteiger partial charge in [0.2, 0.25) is 0 Å². The highest BCUT2D eigenvalue weighted by molar-refractivity contribution is 5.69. The second-order valence-electron chi connectivity index (χ2n) is 6.40. The van der Waals surface area contributed by atoms with Gasteiger partial charge in [0.1, 0.15) is 6.10 Å². The molecule has 0 aromatic rings. The van der Waals surface area contributed by atoms with Crippen molar-refractivity contribution in [2.24, 2.45) is 0 Å². The highest BCUT2D eigenvalue weighted by Gasteiger charge is 2.14. The minimum absolute atomic E-state index is 0.0457. The molecule has 0 bridgehead atoms. The number of ether oxygens (including phenoxy) is 1. The molecule has 0 rings (SSSR count). The lowest BCUT2D eigenvalue weighted by Gasteiger charge is -2.17. The molecular weight excluding hydrogens is 304 g/mol. The molecule has 0 radical (unpaired) electrons. The molecule has 1 unspecified atom stereocenters. The second kappa shape index (κ2) is 16.5. The van der Waals surface area contributed by atoms with Crippen LogP contribution in [0.5, 0.6) is 0 Å². The van der Waals surface area contributed by atoms with Crippen molar-refractivity contribution < 1.29 is 19.4 Å². The molecule has 1 atom stereocenters. The molecule has 1 N–H and O–H groups in total. The van der Waals surface area contributed by atoms with Crippen molar-refractivity contribution in [3.63, 3.8) is 0 Å². The monoisotopic (exact) mass is 340 g/mol. The average molecular weight is 341 g/mol. The Morgan fingerprint density at radius 3 is 2.21 bits per heavy atom. The zero-order valence-corrected chi connectivity index (χ0v) is 15.6. The van der Waals surface area contributed by atoms with Crippen LogP contribution in [0, 0.1) is 0 Å². The van der Waals surface area contributed by atoms with Crippen LogP contribution in [0.3, 0.4) is 0 Å². The molecule has 0 aliphatic carbocycles. The Morgan fingerprint density at radius 2 is 1.54 bits per heavy atom. The maximum Gasteiger partial charge on any atom is 0.306 e. The summed E-state index contributed by atoms with van der Waals surface area (Å²) in [5.41, 5.74) is 0. The van der Waals surface area contributed by atoms with E-state index in [1.807, 2.05) is 0 Å². The smallest absolute Gasteiger partial charge is 0.306 e. The molecule has 0 spiro atoms. The summed E-state index contributed by atoms with van der Waals surface area (Å²) < 4.78 is 5.60. The van der Waals surface area contributed by atoms with Gasteiger partial charge in [0.15, 0.2) is 0 Å². The fraction of sp³-hybridized carbons (Fsp3) is 0.800. The maximum absolute atomic E-state index is 12.0. The van der Waals surface area contributed by atoms with E-state index < -0.39 is 5.97 Å². The summed E-state index contributed by atoms with van der Waals surface area (Å²) >= 11 is 0. The van der Waals surface area contributed by atoms with E-state index in [1.54, 1.807) is 0 Å². The summed E-state index contributed by atoms with van der Waals surface area (Å²) in [5.74, 6) is -0.864. The van der Waals surface area contributed by atoms with Crippen LogP contribution in [-0.2, 0) is 14.3 Å². The summed E-state index contributed by atoms with van der Waals surface area (Å²) in [5, 5.41) is 8.66. The van der Waals surface area contributed by atoms with Crippen LogP contribution in [0.25, 0.3) is 0 Å². The Balaban J connectivity index is 3.90. The van der Waals surface area contributed by atoms with Crippen LogP contribution in [0.1, 0.15) is 97.3 Å². The molecule has 4 heteroatoms. The van der Waals surface area contributed by atoms with Crippen molar-refractivity contribution >= 4 is 11.9 Å². The Hall–Kier alpha value is -1.32. The second-order valence-corrected chi connectivity index (χ2v) is 6.40. The zero-order chi connectivity index (χ0) is 18.0. The van der Waals surface area contributed by atoms with Crippen molar-refractivity contribution in [1.29, 1.82) is 0 Å². The Morgan fingerprint density at radius 1 is 0.875 bits per heavy atom. The highest BCUT2D eigenvalue weighted by Crippen LogP contribution is 2.15.